The molecular formula is C28H27NO6. The van der Waals surface area contributed by atoms with Gasteiger partial charge in [-0.15, -0.1) is 0 Å². The lowest BCUT2D eigenvalue weighted by atomic mass is 9.94. The van der Waals surface area contributed by atoms with Gasteiger partial charge in [-0.2, -0.15) is 0 Å². The van der Waals surface area contributed by atoms with Crippen molar-refractivity contribution >= 4 is 11.7 Å². The number of ketones is 1. The molecule has 180 valence electrons. The van der Waals surface area contributed by atoms with Crippen molar-refractivity contribution in [3.05, 3.63) is 108 Å². The van der Waals surface area contributed by atoms with Gasteiger partial charge in [0.1, 0.15) is 6.61 Å². The lowest BCUT2D eigenvalue weighted by Crippen LogP contribution is -2.33. The first-order valence-corrected chi connectivity index (χ1v) is 11.4. The summed E-state index contributed by atoms with van der Waals surface area (Å²) in [4.78, 5) is 28.0. The lowest BCUT2D eigenvalue weighted by Gasteiger charge is -2.27. The molecule has 0 saturated carbocycles. The molecule has 0 bridgehead atoms. The van der Waals surface area contributed by atoms with Crippen LogP contribution in [0.25, 0.3) is 0 Å². The molecule has 2 aromatic carbocycles. The second kappa shape index (κ2) is 10.8. The molecule has 0 radical (unpaired) electrons. The smallest absolute Gasteiger partial charge is 0.290 e. The third-order valence-electron chi connectivity index (χ3n) is 5.72. The topological polar surface area (TPSA) is 89.2 Å². The van der Waals surface area contributed by atoms with Gasteiger partial charge in [-0.05, 0) is 48.7 Å². The molecule has 35 heavy (non-hydrogen) atoms. The van der Waals surface area contributed by atoms with Crippen molar-refractivity contribution in [2.75, 3.05) is 19.8 Å². The van der Waals surface area contributed by atoms with Gasteiger partial charge in [0.15, 0.2) is 23.0 Å². The number of amides is 1. The van der Waals surface area contributed by atoms with Crippen molar-refractivity contribution in [3.63, 3.8) is 0 Å². The Morgan fingerprint density at radius 1 is 1.11 bits per heavy atom. The summed E-state index contributed by atoms with van der Waals surface area (Å²) < 4.78 is 16.8. The lowest BCUT2D eigenvalue weighted by molar-refractivity contribution is -0.129. The molecule has 0 fully saturated rings. The predicted molar refractivity (Wildman–Crippen MR) is 131 cm³/mol. The summed E-state index contributed by atoms with van der Waals surface area (Å²) in [5.74, 6) is -0.690. The van der Waals surface area contributed by atoms with Crippen LogP contribution >= 0.6 is 0 Å². The van der Waals surface area contributed by atoms with E-state index in [0.29, 0.717) is 43.2 Å². The zero-order valence-corrected chi connectivity index (χ0v) is 19.5. The summed E-state index contributed by atoms with van der Waals surface area (Å²) in [6.45, 7) is 6.51. The zero-order valence-electron chi connectivity index (χ0n) is 19.5. The van der Waals surface area contributed by atoms with Crippen LogP contribution in [0.5, 0.6) is 11.5 Å². The summed E-state index contributed by atoms with van der Waals surface area (Å²) in [6, 6.07) is 17.2. The average molecular weight is 474 g/mol. The number of aliphatic hydroxyl groups is 1. The molecule has 1 unspecified atom stereocenters. The van der Waals surface area contributed by atoms with E-state index in [4.69, 9.17) is 13.9 Å². The first kappa shape index (κ1) is 23.9. The van der Waals surface area contributed by atoms with Crippen LogP contribution in [0.1, 0.15) is 34.6 Å². The number of Topliss-reactive ketones (excluding diaryl/α,β-unsaturated/α-hetero) is 1. The molecule has 0 aliphatic carbocycles. The van der Waals surface area contributed by atoms with E-state index in [9.17, 15) is 14.7 Å². The van der Waals surface area contributed by atoms with Gasteiger partial charge in [-0.25, -0.2) is 0 Å². The number of carbonyl (C=O) groups excluding carboxylic acids is 2. The fraction of sp³-hybridized carbons (Fsp3) is 0.214. The third-order valence-corrected chi connectivity index (χ3v) is 5.72. The number of hydrogen-bond acceptors (Lipinski definition) is 6. The van der Waals surface area contributed by atoms with E-state index in [1.807, 2.05) is 37.3 Å². The van der Waals surface area contributed by atoms with Crippen LogP contribution in [-0.4, -0.2) is 41.5 Å². The Kier molecular flexibility index (Phi) is 7.35. The fourth-order valence-corrected chi connectivity index (χ4v) is 4.13. The van der Waals surface area contributed by atoms with E-state index in [0.717, 1.165) is 5.56 Å². The quantitative estimate of drug-likeness (QED) is 0.309. The Labute approximate surface area is 203 Å². The summed E-state index contributed by atoms with van der Waals surface area (Å²) in [6.07, 6.45) is 3.56. The molecule has 7 nitrogen and oxygen atoms in total. The third kappa shape index (κ3) is 4.99. The number of hydrogen-bond donors (Lipinski definition) is 1. The Morgan fingerprint density at radius 3 is 2.60 bits per heavy atom. The maximum atomic E-state index is 13.3. The van der Waals surface area contributed by atoms with Crippen LogP contribution in [0.4, 0.5) is 0 Å². The van der Waals surface area contributed by atoms with Crippen LogP contribution < -0.4 is 9.47 Å². The summed E-state index contributed by atoms with van der Waals surface area (Å²) in [5.41, 5.74) is 1.62. The molecule has 3 aromatic rings. The van der Waals surface area contributed by atoms with Crippen LogP contribution in [0.2, 0.25) is 0 Å². The molecule has 1 aliphatic heterocycles. The molecule has 0 spiro atoms. The van der Waals surface area contributed by atoms with Crippen molar-refractivity contribution in [2.24, 2.45) is 0 Å². The van der Waals surface area contributed by atoms with Crippen molar-refractivity contribution in [2.45, 2.75) is 19.4 Å². The highest BCUT2D eigenvalue weighted by Crippen LogP contribution is 2.42. The normalized spacial score (nSPS) is 15.4. The standard InChI is InChI=1S/C28H27NO6/c1-3-16-34-21-13-12-20(18-23(21)33-4-2)25-24(26(30)22-11-8-17-35-22)27(31)28(32)29(25)15-14-19-9-6-5-7-10-19/h3,5-13,17-18,25,31H,1,4,14-16H2,2H3. The summed E-state index contributed by atoms with van der Waals surface area (Å²) >= 11 is 0. The minimum absolute atomic E-state index is 0.0276. The van der Waals surface area contributed by atoms with E-state index in [1.165, 1.54) is 17.2 Å². The minimum Gasteiger partial charge on any atom is -0.503 e. The molecule has 1 atom stereocenters. The number of furan rings is 1. The van der Waals surface area contributed by atoms with Gasteiger partial charge < -0.3 is 23.9 Å². The van der Waals surface area contributed by atoms with Gasteiger partial charge in [0.2, 0.25) is 5.78 Å². The van der Waals surface area contributed by atoms with Gasteiger partial charge in [-0.3, -0.25) is 9.59 Å². The highest BCUT2D eigenvalue weighted by Gasteiger charge is 2.44. The van der Waals surface area contributed by atoms with Gasteiger partial charge >= 0.3 is 0 Å². The molecule has 1 aliphatic rings. The molecule has 0 saturated heterocycles. The maximum Gasteiger partial charge on any atom is 0.290 e. The molecule has 1 aromatic heterocycles. The maximum absolute atomic E-state index is 13.3. The molecule has 2 heterocycles. The Balaban J connectivity index is 1.75. The van der Waals surface area contributed by atoms with Crippen LogP contribution in [0.3, 0.4) is 0 Å². The first-order valence-electron chi connectivity index (χ1n) is 11.4. The van der Waals surface area contributed by atoms with E-state index < -0.39 is 23.5 Å². The SMILES string of the molecule is C=CCOc1ccc(C2C(C(=O)c3ccco3)=C(O)C(=O)N2CCc2ccccc2)cc1OCC. The Morgan fingerprint density at radius 2 is 1.91 bits per heavy atom. The second-order valence-corrected chi connectivity index (χ2v) is 7.94. The van der Waals surface area contributed by atoms with Crippen LogP contribution in [0, 0.1) is 0 Å². The predicted octanol–water partition coefficient (Wildman–Crippen LogP) is 5.06. The molecule has 1 amide bonds. The largest absolute Gasteiger partial charge is 0.503 e. The van der Waals surface area contributed by atoms with E-state index in [2.05, 4.69) is 6.58 Å². The van der Waals surface area contributed by atoms with Crippen LogP contribution in [-0.2, 0) is 11.2 Å². The second-order valence-electron chi connectivity index (χ2n) is 7.94. The number of carbonyl (C=O) groups is 2. The molecular weight excluding hydrogens is 446 g/mol. The molecule has 1 N–H and O–H groups in total. The number of rotatable bonds is 11. The van der Waals surface area contributed by atoms with Crippen molar-refractivity contribution in [3.8, 4) is 11.5 Å². The van der Waals surface area contributed by atoms with Gasteiger partial charge in [0.25, 0.3) is 5.91 Å². The Bertz CT molecular complexity index is 1230. The van der Waals surface area contributed by atoms with E-state index >= 15 is 0 Å². The summed E-state index contributed by atoms with van der Waals surface area (Å²) in [5, 5.41) is 10.8. The first-order chi connectivity index (χ1) is 17.0. The van der Waals surface area contributed by atoms with Crippen molar-refractivity contribution < 1.29 is 28.6 Å². The fourth-order valence-electron chi connectivity index (χ4n) is 4.13. The van der Waals surface area contributed by atoms with E-state index in [-0.39, 0.29) is 11.3 Å². The minimum atomic E-state index is -0.823. The highest BCUT2D eigenvalue weighted by atomic mass is 16.5. The Hall–Kier alpha value is -4.26. The van der Waals surface area contributed by atoms with Gasteiger partial charge in [0.05, 0.1) is 24.5 Å². The molecule has 7 heteroatoms. The average Bonchev–Trinajstić information content (AvgIpc) is 3.50. The molecule has 4 rings (SSSR count). The van der Waals surface area contributed by atoms with Crippen LogP contribution in [0.15, 0.2) is 95.3 Å². The number of nitrogens with zero attached hydrogens (tertiary/aromatic N) is 1. The van der Waals surface area contributed by atoms with Gasteiger partial charge in [-0.1, -0.05) is 49.1 Å². The van der Waals surface area contributed by atoms with Crippen molar-refractivity contribution in [1.29, 1.82) is 0 Å². The van der Waals surface area contributed by atoms with E-state index in [1.54, 1.807) is 30.3 Å². The van der Waals surface area contributed by atoms with Gasteiger partial charge in [0, 0.05) is 6.54 Å². The van der Waals surface area contributed by atoms with Crippen molar-refractivity contribution in [1.82, 2.24) is 4.90 Å². The zero-order chi connectivity index (χ0) is 24.8. The summed E-state index contributed by atoms with van der Waals surface area (Å²) in [7, 11) is 0. The monoisotopic (exact) mass is 473 g/mol. The number of ether oxygens (including phenoxy) is 2. The number of aliphatic hydroxyl groups excluding tert-OH is 1. The highest BCUT2D eigenvalue weighted by molar-refractivity contribution is 6.15. The number of benzene rings is 2.